The second-order valence-electron chi connectivity index (χ2n) is 7.46. The molecule has 0 radical (unpaired) electrons. The molecule has 1 amide bonds. The van der Waals surface area contributed by atoms with Crippen LogP contribution in [0.1, 0.15) is 30.4 Å². The monoisotopic (exact) mass is 389 g/mol. The van der Waals surface area contributed by atoms with Gasteiger partial charge in [0.1, 0.15) is 5.82 Å². The van der Waals surface area contributed by atoms with E-state index in [4.69, 9.17) is 0 Å². The number of para-hydroxylation sites is 1. The van der Waals surface area contributed by atoms with Gasteiger partial charge in [-0.2, -0.15) is 13.2 Å². The zero-order valence-electron chi connectivity index (χ0n) is 15.5. The maximum atomic E-state index is 12.8. The Labute approximate surface area is 162 Å². The molecule has 1 aromatic carbocycles. The van der Waals surface area contributed by atoms with Crippen LogP contribution in [-0.2, 0) is 17.4 Å². The highest BCUT2D eigenvalue weighted by molar-refractivity contribution is 5.95. The molecule has 2 aliphatic rings. The van der Waals surface area contributed by atoms with Crippen LogP contribution in [0.2, 0.25) is 0 Å². The molecule has 0 spiro atoms. The number of alkyl halides is 3. The standard InChI is InChI=1S/C21H22F3N3O/c22-21(23,24)17-5-6-19(25-14-17)26-10-7-15(8-11-26)13-20(28)27-12-9-16-3-1-2-4-18(16)27/h1-6,14-15H,7-13H2. The van der Waals surface area contributed by atoms with Crippen molar-refractivity contribution in [3.63, 3.8) is 0 Å². The van der Waals surface area contributed by atoms with Gasteiger partial charge in [-0.1, -0.05) is 18.2 Å². The first-order valence-corrected chi connectivity index (χ1v) is 9.58. The molecule has 2 aromatic rings. The molecule has 28 heavy (non-hydrogen) atoms. The van der Waals surface area contributed by atoms with Crippen molar-refractivity contribution < 1.29 is 18.0 Å². The Kier molecular flexibility index (Phi) is 5.00. The highest BCUT2D eigenvalue weighted by atomic mass is 19.4. The Morgan fingerprint density at radius 2 is 1.82 bits per heavy atom. The topological polar surface area (TPSA) is 36.4 Å². The predicted molar refractivity (Wildman–Crippen MR) is 101 cm³/mol. The summed E-state index contributed by atoms with van der Waals surface area (Å²) in [6, 6.07) is 10.5. The molecule has 0 aliphatic carbocycles. The summed E-state index contributed by atoms with van der Waals surface area (Å²) in [7, 11) is 0. The second kappa shape index (κ2) is 7.45. The summed E-state index contributed by atoms with van der Waals surface area (Å²) in [5, 5.41) is 0. The molecule has 148 valence electrons. The quantitative estimate of drug-likeness (QED) is 0.786. The first-order valence-electron chi connectivity index (χ1n) is 9.58. The molecule has 3 heterocycles. The lowest BCUT2D eigenvalue weighted by Crippen LogP contribution is -2.37. The molecule has 4 rings (SSSR count). The molecular weight excluding hydrogens is 367 g/mol. The second-order valence-corrected chi connectivity index (χ2v) is 7.46. The lowest BCUT2D eigenvalue weighted by molar-refractivity contribution is -0.137. The molecule has 1 fully saturated rings. The molecular formula is C21H22F3N3O. The number of carbonyl (C=O) groups excluding carboxylic acids is 1. The molecule has 0 saturated carbocycles. The van der Waals surface area contributed by atoms with E-state index in [-0.39, 0.29) is 5.91 Å². The molecule has 0 unspecified atom stereocenters. The van der Waals surface area contributed by atoms with E-state index in [1.807, 2.05) is 28.0 Å². The van der Waals surface area contributed by atoms with Crippen LogP contribution < -0.4 is 9.80 Å². The maximum absolute atomic E-state index is 12.8. The molecule has 0 atom stereocenters. The summed E-state index contributed by atoms with van der Waals surface area (Å²) in [5.41, 5.74) is 1.51. The average Bonchev–Trinajstić information content (AvgIpc) is 3.12. The van der Waals surface area contributed by atoms with Gasteiger partial charge in [0.15, 0.2) is 0 Å². The minimum absolute atomic E-state index is 0.163. The highest BCUT2D eigenvalue weighted by Crippen LogP contribution is 2.32. The van der Waals surface area contributed by atoms with Crippen molar-refractivity contribution in [2.75, 3.05) is 29.4 Å². The average molecular weight is 389 g/mol. The Hall–Kier alpha value is -2.57. The van der Waals surface area contributed by atoms with Gasteiger partial charge in [-0.15, -0.1) is 0 Å². The summed E-state index contributed by atoms with van der Waals surface area (Å²) in [4.78, 5) is 20.6. The number of aromatic nitrogens is 1. The number of fused-ring (bicyclic) bond motifs is 1. The first kappa shape index (κ1) is 18.8. The molecule has 0 bridgehead atoms. The number of hydrogen-bond acceptors (Lipinski definition) is 3. The van der Waals surface area contributed by atoms with E-state index in [2.05, 4.69) is 11.1 Å². The highest BCUT2D eigenvalue weighted by Gasteiger charge is 2.31. The van der Waals surface area contributed by atoms with Crippen molar-refractivity contribution in [2.24, 2.45) is 5.92 Å². The number of carbonyl (C=O) groups is 1. The molecule has 4 nitrogen and oxygen atoms in total. The van der Waals surface area contributed by atoms with E-state index in [1.165, 1.54) is 11.6 Å². The third-order valence-electron chi connectivity index (χ3n) is 5.67. The number of pyridine rings is 1. The fourth-order valence-corrected chi connectivity index (χ4v) is 4.06. The summed E-state index contributed by atoms with van der Waals surface area (Å²) in [6.45, 7) is 2.15. The van der Waals surface area contributed by atoms with Gasteiger partial charge in [-0.05, 0) is 48.9 Å². The van der Waals surface area contributed by atoms with E-state index < -0.39 is 11.7 Å². The number of hydrogen-bond donors (Lipinski definition) is 0. The van der Waals surface area contributed by atoms with Crippen molar-refractivity contribution in [2.45, 2.75) is 31.9 Å². The van der Waals surface area contributed by atoms with Crippen molar-refractivity contribution in [1.29, 1.82) is 0 Å². The van der Waals surface area contributed by atoms with Crippen LogP contribution in [0.3, 0.4) is 0 Å². The zero-order chi connectivity index (χ0) is 19.7. The molecule has 1 saturated heterocycles. The van der Waals surface area contributed by atoms with Gasteiger partial charge in [-0.3, -0.25) is 4.79 Å². The van der Waals surface area contributed by atoms with E-state index in [1.54, 1.807) is 0 Å². The van der Waals surface area contributed by atoms with Crippen LogP contribution in [0.5, 0.6) is 0 Å². The number of anilines is 2. The SMILES string of the molecule is O=C(CC1CCN(c2ccc(C(F)(F)F)cn2)CC1)N1CCc2ccccc21. The van der Waals surface area contributed by atoms with E-state index in [0.29, 0.717) is 31.2 Å². The van der Waals surface area contributed by atoms with Gasteiger partial charge in [0.2, 0.25) is 5.91 Å². The molecule has 2 aliphatic heterocycles. The molecule has 7 heteroatoms. The van der Waals surface area contributed by atoms with Gasteiger partial charge in [0.25, 0.3) is 0 Å². The van der Waals surface area contributed by atoms with E-state index in [0.717, 1.165) is 43.8 Å². The summed E-state index contributed by atoms with van der Waals surface area (Å²) < 4.78 is 38.0. The Bertz CT molecular complexity index is 843. The van der Waals surface area contributed by atoms with Crippen molar-refractivity contribution >= 4 is 17.4 Å². The summed E-state index contributed by atoms with van der Waals surface area (Å²) in [5.74, 6) is 1.02. The van der Waals surface area contributed by atoms with Gasteiger partial charge >= 0.3 is 6.18 Å². The fourth-order valence-electron chi connectivity index (χ4n) is 4.06. The largest absolute Gasteiger partial charge is 0.417 e. The number of rotatable bonds is 3. The van der Waals surface area contributed by atoms with Crippen LogP contribution in [0.25, 0.3) is 0 Å². The van der Waals surface area contributed by atoms with Crippen LogP contribution in [0.15, 0.2) is 42.6 Å². The minimum atomic E-state index is -4.37. The van der Waals surface area contributed by atoms with Gasteiger partial charge in [0.05, 0.1) is 5.56 Å². The summed E-state index contributed by atoms with van der Waals surface area (Å²) >= 11 is 0. The van der Waals surface area contributed by atoms with E-state index >= 15 is 0 Å². The fraction of sp³-hybridized carbons (Fsp3) is 0.429. The predicted octanol–water partition coefficient (Wildman–Crippen LogP) is 4.30. The zero-order valence-corrected chi connectivity index (χ0v) is 15.5. The van der Waals surface area contributed by atoms with E-state index in [9.17, 15) is 18.0 Å². The Balaban J connectivity index is 1.32. The third-order valence-corrected chi connectivity index (χ3v) is 5.67. The number of nitrogens with zero attached hydrogens (tertiary/aromatic N) is 3. The molecule has 0 N–H and O–H groups in total. The van der Waals surface area contributed by atoms with Gasteiger partial charge in [-0.25, -0.2) is 4.98 Å². The lowest BCUT2D eigenvalue weighted by atomic mass is 9.93. The number of amides is 1. The van der Waals surface area contributed by atoms with Crippen molar-refractivity contribution in [3.8, 4) is 0 Å². The smallest absolute Gasteiger partial charge is 0.357 e. The normalized spacial score (nSPS) is 17.7. The van der Waals surface area contributed by atoms with Crippen LogP contribution in [0, 0.1) is 5.92 Å². The summed E-state index contributed by atoms with van der Waals surface area (Å²) in [6.07, 6.45) is -0.390. The Morgan fingerprint density at radius 3 is 2.50 bits per heavy atom. The minimum Gasteiger partial charge on any atom is -0.357 e. The maximum Gasteiger partial charge on any atom is 0.417 e. The van der Waals surface area contributed by atoms with Gasteiger partial charge in [0, 0.05) is 37.9 Å². The number of halogens is 3. The van der Waals surface area contributed by atoms with Crippen LogP contribution in [0.4, 0.5) is 24.7 Å². The van der Waals surface area contributed by atoms with Crippen molar-refractivity contribution in [1.82, 2.24) is 4.98 Å². The van der Waals surface area contributed by atoms with Crippen LogP contribution in [-0.4, -0.2) is 30.5 Å². The molecule has 1 aromatic heterocycles. The van der Waals surface area contributed by atoms with Crippen molar-refractivity contribution in [3.05, 3.63) is 53.7 Å². The number of piperidine rings is 1. The number of benzene rings is 1. The van der Waals surface area contributed by atoms with Gasteiger partial charge < -0.3 is 9.80 Å². The lowest BCUT2D eigenvalue weighted by Gasteiger charge is -2.33. The van der Waals surface area contributed by atoms with Crippen LogP contribution >= 0.6 is 0 Å². The Morgan fingerprint density at radius 1 is 1.07 bits per heavy atom. The third kappa shape index (κ3) is 3.84. The first-order chi connectivity index (χ1) is 13.4.